The van der Waals surface area contributed by atoms with Crippen molar-refractivity contribution in [3.05, 3.63) is 76.5 Å². The Bertz CT molecular complexity index is 762. The Hall–Kier alpha value is -2.47. The van der Waals surface area contributed by atoms with Gasteiger partial charge in [0.25, 0.3) is 5.91 Å². The second-order valence-corrected chi connectivity index (χ2v) is 5.69. The lowest BCUT2D eigenvalue weighted by atomic mass is 10.3. The maximum absolute atomic E-state index is 12.0. The predicted molar refractivity (Wildman–Crippen MR) is 87.1 cm³/mol. The van der Waals surface area contributed by atoms with Gasteiger partial charge in [-0.1, -0.05) is 15.9 Å². The van der Waals surface area contributed by atoms with E-state index in [-0.39, 0.29) is 18.3 Å². The van der Waals surface area contributed by atoms with Crippen LogP contribution >= 0.6 is 15.9 Å². The molecule has 0 aliphatic rings. The first-order valence-corrected chi connectivity index (χ1v) is 7.78. The van der Waals surface area contributed by atoms with Crippen molar-refractivity contribution < 1.29 is 18.4 Å². The number of carbonyl (C=O) groups is 1. The number of nitrogens with one attached hydrogen (secondary N) is 1. The average molecular weight is 376 g/mol. The van der Waals surface area contributed by atoms with Crippen molar-refractivity contribution in [3.8, 4) is 5.75 Å². The second-order valence-electron chi connectivity index (χ2n) is 4.77. The van der Waals surface area contributed by atoms with E-state index in [0.29, 0.717) is 18.1 Å². The lowest BCUT2D eigenvalue weighted by Crippen LogP contribution is -2.21. The Morgan fingerprint density at radius 2 is 1.91 bits per heavy atom. The average Bonchev–Trinajstić information content (AvgIpc) is 3.24. The zero-order valence-corrected chi connectivity index (χ0v) is 13.7. The molecule has 3 aromatic rings. The highest BCUT2D eigenvalue weighted by atomic mass is 79.9. The molecule has 0 bridgehead atoms. The molecule has 0 radical (unpaired) electrons. The van der Waals surface area contributed by atoms with E-state index in [1.807, 2.05) is 24.3 Å². The Labute approximate surface area is 141 Å². The fraction of sp³-hybridized carbons (Fsp3) is 0.118. The third-order valence-electron chi connectivity index (χ3n) is 3.08. The highest BCUT2D eigenvalue weighted by molar-refractivity contribution is 9.10. The number of hydrogen-bond acceptors (Lipinski definition) is 4. The lowest BCUT2D eigenvalue weighted by molar-refractivity contribution is 0.0916. The molecule has 1 amide bonds. The fourth-order valence-corrected chi connectivity index (χ4v) is 2.19. The minimum Gasteiger partial charge on any atom is -0.486 e. The number of rotatable bonds is 6. The summed E-state index contributed by atoms with van der Waals surface area (Å²) < 4.78 is 17.2. The smallest absolute Gasteiger partial charge is 0.287 e. The number of benzene rings is 1. The first-order chi connectivity index (χ1) is 11.2. The predicted octanol–water partition coefficient (Wildman–Crippen LogP) is 4.14. The van der Waals surface area contributed by atoms with Crippen molar-refractivity contribution in [3.63, 3.8) is 0 Å². The molecule has 0 atom stereocenters. The number of carbonyl (C=O) groups excluding carboxylic acids is 1. The minimum atomic E-state index is -0.295. The number of hydrogen-bond donors (Lipinski definition) is 1. The van der Waals surface area contributed by atoms with Gasteiger partial charge < -0.3 is 18.9 Å². The summed E-state index contributed by atoms with van der Waals surface area (Å²) in [5.41, 5.74) is 0. The summed E-state index contributed by atoms with van der Waals surface area (Å²) >= 11 is 3.36. The van der Waals surface area contributed by atoms with Gasteiger partial charge >= 0.3 is 0 Å². The molecule has 3 rings (SSSR count). The van der Waals surface area contributed by atoms with Crippen molar-refractivity contribution in [1.29, 1.82) is 0 Å². The van der Waals surface area contributed by atoms with E-state index in [2.05, 4.69) is 21.2 Å². The molecule has 0 fully saturated rings. The van der Waals surface area contributed by atoms with Gasteiger partial charge in [0, 0.05) is 4.47 Å². The molecule has 6 heteroatoms. The van der Waals surface area contributed by atoms with Gasteiger partial charge in [0.1, 0.15) is 23.9 Å². The monoisotopic (exact) mass is 375 g/mol. The molecule has 2 heterocycles. The van der Waals surface area contributed by atoms with Crippen LogP contribution in [0, 0.1) is 0 Å². The zero-order valence-electron chi connectivity index (χ0n) is 12.1. The zero-order chi connectivity index (χ0) is 16.1. The molecule has 2 aromatic heterocycles. The van der Waals surface area contributed by atoms with Gasteiger partial charge in [0.2, 0.25) is 0 Å². The summed E-state index contributed by atoms with van der Waals surface area (Å²) in [7, 11) is 0. The quantitative estimate of drug-likeness (QED) is 0.702. The Balaban J connectivity index is 1.52. The molecular weight excluding hydrogens is 362 g/mol. The van der Waals surface area contributed by atoms with E-state index < -0.39 is 0 Å². The topological polar surface area (TPSA) is 64.6 Å². The molecule has 0 saturated heterocycles. The Morgan fingerprint density at radius 1 is 1.09 bits per heavy atom. The molecule has 5 nitrogen and oxygen atoms in total. The van der Waals surface area contributed by atoms with Crippen LogP contribution in [0.3, 0.4) is 0 Å². The molecule has 0 spiro atoms. The molecule has 1 aromatic carbocycles. The highest BCUT2D eigenvalue weighted by Crippen LogP contribution is 2.18. The van der Waals surface area contributed by atoms with Gasteiger partial charge in [0.15, 0.2) is 5.76 Å². The SMILES string of the molecule is O=C(NCc1ccco1)c1ccc(COc2ccc(Br)cc2)o1. The molecule has 118 valence electrons. The van der Waals surface area contributed by atoms with E-state index in [0.717, 1.165) is 10.2 Å². The number of ether oxygens (including phenoxy) is 1. The van der Waals surface area contributed by atoms with Crippen molar-refractivity contribution in [2.75, 3.05) is 0 Å². The van der Waals surface area contributed by atoms with Crippen LogP contribution in [0.5, 0.6) is 5.75 Å². The number of furan rings is 2. The largest absolute Gasteiger partial charge is 0.486 e. The van der Waals surface area contributed by atoms with Crippen molar-refractivity contribution in [2.45, 2.75) is 13.2 Å². The third kappa shape index (κ3) is 4.26. The van der Waals surface area contributed by atoms with Gasteiger partial charge in [-0.15, -0.1) is 0 Å². The van der Waals surface area contributed by atoms with Crippen LogP contribution in [-0.2, 0) is 13.2 Å². The van der Waals surface area contributed by atoms with Crippen LogP contribution in [0.15, 0.2) is 68.1 Å². The van der Waals surface area contributed by atoms with E-state index in [1.54, 1.807) is 30.5 Å². The molecular formula is C17H14BrNO4. The van der Waals surface area contributed by atoms with E-state index in [4.69, 9.17) is 13.6 Å². The van der Waals surface area contributed by atoms with Gasteiger partial charge in [-0.2, -0.15) is 0 Å². The van der Waals surface area contributed by atoms with E-state index >= 15 is 0 Å². The summed E-state index contributed by atoms with van der Waals surface area (Å²) in [6.45, 7) is 0.574. The molecule has 0 aliphatic heterocycles. The van der Waals surface area contributed by atoms with E-state index in [1.165, 1.54) is 0 Å². The fourth-order valence-electron chi connectivity index (χ4n) is 1.93. The van der Waals surface area contributed by atoms with E-state index in [9.17, 15) is 4.79 Å². The van der Waals surface area contributed by atoms with Crippen LogP contribution in [0.2, 0.25) is 0 Å². The third-order valence-corrected chi connectivity index (χ3v) is 3.61. The van der Waals surface area contributed by atoms with Crippen molar-refractivity contribution in [2.24, 2.45) is 0 Å². The normalized spacial score (nSPS) is 10.5. The first-order valence-electron chi connectivity index (χ1n) is 6.98. The maximum Gasteiger partial charge on any atom is 0.287 e. The maximum atomic E-state index is 12.0. The van der Waals surface area contributed by atoms with Crippen molar-refractivity contribution >= 4 is 21.8 Å². The van der Waals surface area contributed by atoms with Crippen LogP contribution in [0.1, 0.15) is 22.1 Å². The van der Waals surface area contributed by atoms with Crippen LogP contribution in [-0.4, -0.2) is 5.91 Å². The summed E-state index contributed by atoms with van der Waals surface area (Å²) in [4.78, 5) is 12.0. The molecule has 1 N–H and O–H groups in total. The molecule has 0 saturated carbocycles. The molecule has 0 aliphatic carbocycles. The lowest BCUT2D eigenvalue weighted by Gasteiger charge is -2.04. The van der Waals surface area contributed by atoms with Gasteiger partial charge in [-0.25, -0.2) is 0 Å². The standard InChI is InChI=1S/C17H14BrNO4/c18-12-3-5-13(6-4-12)22-11-15-7-8-16(23-15)17(20)19-10-14-2-1-9-21-14/h1-9H,10-11H2,(H,19,20). The second kappa shape index (κ2) is 7.19. The molecule has 0 unspecified atom stereocenters. The van der Waals surface area contributed by atoms with Crippen LogP contribution < -0.4 is 10.1 Å². The van der Waals surface area contributed by atoms with Gasteiger partial charge in [-0.05, 0) is 48.5 Å². The van der Waals surface area contributed by atoms with Gasteiger partial charge in [0.05, 0.1) is 12.8 Å². The van der Waals surface area contributed by atoms with Gasteiger partial charge in [-0.3, -0.25) is 4.79 Å². The summed E-state index contributed by atoms with van der Waals surface area (Å²) in [5.74, 6) is 1.94. The Kier molecular flexibility index (Phi) is 4.83. The van der Waals surface area contributed by atoms with Crippen molar-refractivity contribution in [1.82, 2.24) is 5.32 Å². The minimum absolute atomic E-state index is 0.242. The van der Waals surface area contributed by atoms with Crippen LogP contribution in [0.4, 0.5) is 0 Å². The summed E-state index contributed by atoms with van der Waals surface area (Å²) in [5, 5.41) is 2.72. The number of halogens is 1. The highest BCUT2D eigenvalue weighted by Gasteiger charge is 2.11. The summed E-state index contributed by atoms with van der Waals surface area (Å²) in [6, 6.07) is 14.4. The first kappa shape index (κ1) is 15.4. The summed E-state index contributed by atoms with van der Waals surface area (Å²) in [6.07, 6.45) is 1.56. The molecule has 23 heavy (non-hydrogen) atoms. The number of amides is 1. The van der Waals surface area contributed by atoms with Crippen LogP contribution in [0.25, 0.3) is 0 Å². The Morgan fingerprint density at radius 3 is 2.65 bits per heavy atom.